The Bertz CT molecular complexity index is 725. The molecule has 3 aliphatic rings. The highest BCUT2D eigenvalue weighted by atomic mass is 16.5. The summed E-state index contributed by atoms with van der Waals surface area (Å²) in [6, 6.07) is 8.51. The fraction of sp³-hybridized carbons (Fsp3) is 0.636. The zero-order chi connectivity index (χ0) is 19.6. The fourth-order valence-corrected chi connectivity index (χ4v) is 4.44. The molecule has 2 heterocycles. The molecule has 4 rings (SSSR count). The Hall–Kier alpha value is -1.92. The molecule has 152 valence electrons. The van der Waals surface area contributed by atoms with Gasteiger partial charge in [0.1, 0.15) is 0 Å². The number of rotatable bonds is 5. The van der Waals surface area contributed by atoms with Crippen LogP contribution < -0.4 is 10.6 Å². The van der Waals surface area contributed by atoms with E-state index < -0.39 is 0 Å². The number of ether oxygens (including phenoxy) is 1. The van der Waals surface area contributed by atoms with E-state index >= 15 is 0 Å². The predicted molar refractivity (Wildman–Crippen MR) is 107 cm³/mol. The lowest BCUT2D eigenvalue weighted by molar-refractivity contribution is -0.141. The van der Waals surface area contributed by atoms with Crippen molar-refractivity contribution in [2.75, 3.05) is 39.4 Å². The second-order valence-corrected chi connectivity index (χ2v) is 8.66. The van der Waals surface area contributed by atoms with Gasteiger partial charge in [0.25, 0.3) is 0 Å². The third-order valence-electron chi connectivity index (χ3n) is 6.26. The summed E-state index contributed by atoms with van der Waals surface area (Å²) in [6.07, 6.45) is 3.58. The van der Waals surface area contributed by atoms with Gasteiger partial charge in [-0.1, -0.05) is 29.8 Å². The van der Waals surface area contributed by atoms with Crippen LogP contribution in [0.3, 0.4) is 0 Å². The minimum absolute atomic E-state index is 0.0912. The number of benzene rings is 1. The first-order valence-corrected chi connectivity index (χ1v) is 10.5. The molecule has 2 unspecified atom stereocenters. The molecule has 2 atom stereocenters. The van der Waals surface area contributed by atoms with Gasteiger partial charge in [-0.25, -0.2) is 0 Å². The van der Waals surface area contributed by atoms with Crippen LogP contribution in [0, 0.1) is 18.8 Å². The first kappa shape index (κ1) is 19.4. The molecule has 0 radical (unpaired) electrons. The van der Waals surface area contributed by atoms with Gasteiger partial charge >= 0.3 is 0 Å². The van der Waals surface area contributed by atoms with Gasteiger partial charge in [0.2, 0.25) is 11.8 Å². The number of amides is 2. The van der Waals surface area contributed by atoms with E-state index in [1.807, 2.05) is 4.90 Å². The van der Waals surface area contributed by atoms with Gasteiger partial charge in [-0.3, -0.25) is 9.59 Å². The van der Waals surface area contributed by atoms with Gasteiger partial charge in [0.05, 0.1) is 25.0 Å². The van der Waals surface area contributed by atoms with Crippen LogP contribution in [-0.2, 0) is 20.7 Å². The quantitative estimate of drug-likeness (QED) is 0.801. The Labute approximate surface area is 167 Å². The van der Waals surface area contributed by atoms with Crippen molar-refractivity contribution in [2.45, 2.75) is 38.1 Å². The van der Waals surface area contributed by atoms with E-state index in [2.05, 4.69) is 41.8 Å². The smallest absolute Gasteiger partial charge is 0.227 e. The Morgan fingerprint density at radius 2 is 1.96 bits per heavy atom. The fourth-order valence-electron chi connectivity index (χ4n) is 4.44. The van der Waals surface area contributed by atoms with Crippen LogP contribution in [0.15, 0.2) is 24.3 Å². The number of carbonyl (C=O) groups excluding carboxylic acids is 2. The van der Waals surface area contributed by atoms with Crippen LogP contribution in [0.2, 0.25) is 0 Å². The van der Waals surface area contributed by atoms with E-state index in [9.17, 15) is 9.59 Å². The number of carbonyl (C=O) groups is 2. The highest BCUT2D eigenvalue weighted by Crippen LogP contribution is 2.39. The lowest BCUT2D eigenvalue weighted by atomic mass is 9.88. The highest BCUT2D eigenvalue weighted by molar-refractivity contribution is 5.83. The molecule has 6 heteroatoms. The van der Waals surface area contributed by atoms with Gasteiger partial charge in [-0.15, -0.1) is 0 Å². The number of piperidine rings is 1. The maximum Gasteiger partial charge on any atom is 0.227 e. The predicted octanol–water partition coefficient (Wildman–Crippen LogP) is 1.27. The van der Waals surface area contributed by atoms with Gasteiger partial charge in [0, 0.05) is 31.7 Å². The normalized spacial score (nSPS) is 26.5. The minimum Gasteiger partial charge on any atom is -0.378 e. The Kier molecular flexibility index (Phi) is 5.69. The first-order valence-electron chi connectivity index (χ1n) is 10.5. The second-order valence-electron chi connectivity index (χ2n) is 8.66. The SMILES string of the molecule is Cc1cccc(CC2(NC(=O)C3CNCC(C(=O)N4CCOCC4)C3)CC2)c1. The van der Waals surface area contributed by atoms with Crippen molar-refractivity contribution >= 4 is 11.8 Å². The summed E-state index contributed by atoms with van der Waals surface area (Å²) in [5.41, 5.74) is 2.44. The third kappa shape index (κ3) is 4.55. The van der Waals surface area contributed by atoms with Crippen molar-refractivity contribution in [3.63, 3.8) is 0 Å². The largest absolute Gasteiger partial charge is 0.378 e. The van der Waals surface area contributed by atoms with Crippen molar-refractivity contribution in [1.29, 1.82) is 0 Å². The maximum atomic E-state index is 13.0. The van der Waals surface area contributed by atoms with E-state index in [1.165, 1.54) is 11.1 Å². The minimum atomic E-state index is -0.140. The van der Waals surface area contributed by atoms with Crippen LogP contribution in [0.25, 0.3) is 0 Å². The monoisotopic (exact) mass is 385 g/mol. The molecule has 6 nitrogen and oxygen atoms in total. The zero-order valence-corrected chi connectivity index (χ0v) is 16.7. The van der Waals surface area contributed by atoms with E-state index in [4.69, 9.17) is 4.74 Å². The second kappa shape index (κ2) is 8.21. The molecule has 2 N–H and O–H groups in total. The molecule has 1 saturated carbocycles. The number of hydrogen-bond acceptors (Lipinski definition) is 4. The summed E-state index contributed by atoms with van der Waals surface area (Å²) in [7, 11) is 0. The van der Waals surface area contributed by atoms with E-state index in [1.54, 1.807) is 0 Å². The molecular weight excluding hydrogens is 354 g/mol. The van der Waals surface area contributed by atoms with Crippen molar-refractivity contribution in [2.24, 2.45) is 11.8 Å². The molecule has 2 amide bonds. The lowest BCUT2D eigenvalue weighted by Gasteiger charge is -2.35. The molecule has 1 aliphatic carbocycles. The van der Waals surface area contributed by atoms with E-state index in [0.717, 1.165) is 19.3 Å². The number of nitrogens with one attached hydrogen (secondary N) is 2. The van der Waals surface area contributed by atoms with Gasteiger partial charge in [0.15, 0.2) is 0 Å². The molecule has 1 aromatic rings. The summed E-state index contributed by atoms with van der Waals surface area (Å²) in [4.78, 5) is 27.6. The Morgan fingerprint density at radius 1 is 1.21 bits per heavy atom. The van der Waals surface area contributed by atoms with Gasteiger partial charge in [-0.05, 0) is 38.2 Å². The van der Waals surface area contributed by atoms with Crippen molar-refractivity contribution < 1.29 is 14.3 Å². The van der Waals surface area contributed by atoms with Crippen molar-refractivity contribution in [3.05, 3.63) is 35.4 Å². The maximum absolute atomic E-state index is 13.0. The molecule has 2 saturated heterocycles. The first-order chi connectivity index (χ1) is 13.5. The molecule has 2 aliphatic heterocycles. The molecule has 0 spiro atoms. The van der Waals surface area contributed by atoms with Crippen molar-refractivity contribution in [1.82, 2.24) is 15.5 Å². The molecule has 0 aromatic heterocycles. The molecule has 0 bridgehead atoms. The number of nitrogens with zero attached hydrogens (tertiary/aromatic N) is 1. The van der Waals surface area contributed by atoms with Crippen LogP contribution >= 0.6 is 0 Å². The summed E-state index contributed by atoms with van der Waals surface area (Å²) in [5, 5.41) is 6.63. The van der Waals surface area contributed by atoms with Crippen molar-refractivity contribution in [3.8, 4) is 0 Å². The summed E-state index contributed by atoms with van der Waals surface area (Å²) in [5.74, 6) is -0.000391. The summed E-state index contributed by atoms with van der Waals surface area (Å²) >= 11 is 0. The van der Waals surface area contributed by atoms with Crippen LogP contribution in [0.5, 0.6) is 0 Å². The van der Waals surface area contributed by atoms with E-state index in [0.29, 0.717) is 45.8 Å². The number of hydrogen-bond donors (Lipinski definition) is 2. The van der Waals surface area contributed by atoms with Crippen LogP contribution in [0.1, 0.15) is 30.4 Å². The molecule has 3 fully saturated rings. The topological polar surface area (TPSA) is 70.7 Å². The molecular formula is C22H31N3O3. The third-order valence-corrected chi connectivity index (χ3v) is 6.26. The highest BCUT2D eigenvalue weighted by Gasteiger charge is 2.45. The van der Waals surface area contributed by atoms with Gasteiger partial charge < -0.3 is 20.3 Å². The number of aryl methyl sites for hydroxylation is 1. The summed E-state index contributed by atoms with van der Waals surface area (Å²) in [6.45, 7) is 5.95. The van der Waals surface area contributed by atoms with E-state index in [-0.39, 0.29) is 29.2 Å². The lowest BCUT2D eigenvalue weighted by Crippen LogP contribution is -2.52. The summed E-state index contributed by atoms with van der Waals surface area (Å²) < 4.78 is 5.34. The van der Waals surface area contributed by atoms with Crippen LogP contribution in [-0.4, -0.2) is 61.6 Å². The Balaban J connectivity index is 1.33. The van der Waals surface area contributed by atoms with Crippen LogP contribution in [0.4, 0.5) is 0 Å². The number of morpholine rings is 1. The standard InChI is InChI=1S/C22H31N3O3/c1-16-3-2-4-17(11-16)13-22(5-6-22)24-20(26)18-12-19(15-23-14-18)21(27)25-7-9-28-10-8-25/h2-4,11,18-19,23H,5-10,12-15H2,1H3,(H,24,26). The zero-order valence-electron chi connectivity index (χ0n) is 16.7. The molecule has 28 heavy (non-hydrogen) atoms. The molecule has 1 aromatic carbocycles. The van der Waals surface area contributed by atoms with Gasteiger partial charge in [-0.2, -0.15) is 0 Å². The average Bonchev–Trinajstić information content (AvgIpc) is 3.47. The Morgan fingerprint density at radius 3 is 2.68 bits per heavy atom. The average molecular weight is 386 g/mol.